The lowest BCUT2D eigenvalue weighted by molar-refractivity contribution is -0.137. The Morgan fingerprint density at radius 3 is 2.33 bits per heavy atom. The number of hydrogen-bond acceptors (Lipinski definition) is 6. The minimum absolute atomic E-state index is 0.0629. The van der Waals surface area contributed by atoms with Crippen LogP contribution in [0.1, 0.15) is 11.1 Å². The Labute approximate surface area is 189 Å². The van der Waals surface area contributed by atoms with Crippen molar-refractivity contribution in [2.75, 3.05) is 43.9 Å². The molecule has 1 aromatic carbocycles. The lowest BCUT2D eigenvalue weighted by Crippen LogP contribution is -2.53. The number of alkyl halides is 3. The number of likely N-dealkylation sites (tertiary alicyclic amines) is 1. The quantitative estimate of drug-likeness (QED) is 0.624. The fraction of sp³-hybridized carbons (Fsp3) is 0.429. The van der Waals surface area contributed by atoms with Crippen molar-refractivity contribution >= 4 is 21.7 Å². The summed E-state index contributed by atoms with van der Waals surface area (Å²) in [7, 11) is -3.42. The largest absolute Gasteiger partial charge is 0.486 e. The van der Waals surface area contributed by atoms with Crippen LogP contribution in [0, 0.1) is 0 Å². The second-order valence-electron chi connectivity index (χ2n) is 8.12. The predicted octanol–water partition coefficient (Wildman–Crippen LogP) is 1.97. The summed E-state index contributed by atoms with van der Waals surface area (Å²) in [6, 6.07) is 8.50. The third-order valence-corrected chi connectivity index (χ3v) is 6.82. The van der Waals surface area contributed by atoms with Gasteiger partial charge in [-0.05, 0) is 29.8 Å². The molecular formula is C21H23F3N4O4S. The molecule has 2 aliphatic heterocycles. The number of aromatic nitrogens is 1. The van der Waals surface area contributed by atoms with Gasteiger partial charge >= 0.3 is 6.18 Å². The number of carbonyl (C=O) groups is 1. The summed E-state index contributed by atoms with van der Waals surface area (Å²) in [4.78, 5) is 20.1. The molecule has 3 heterocycles. The second kappa shape index (κ2) is 8.92. The highest BCUT2D eigenvalue weighted by Crippen LogP contribution is 2.29. The molecule has 8 nitrogen and oxygen atoms in total. The van der Waals surface area contributed by atoms with Crippen LogP contribution in [0.5, 0.6) is 5.75 Å². The molecule has 33 heavy (non-hydrogen) atoms. The minimum Gasteiger partial charge on any atom is -0.486 e. The van der Waals surface area contributed by atoms with Crippen molar-refractivity contribution in [3.05, 3.63) is 53.7 Å². The van der Waals surface area contributed by atoms with Gasteiger partial charge in [0.1, 0.15) is 17.7 Å². The van der Waals surface area contributed by atoms with Crippen LogP contribution in [0.4, 0.5) is 19.0 Å². The normalized spacial score (nSPS) is 18.9. The van der Waals surface area contributed by atoms with Crippen LogP contribution in [-0.4, -0.2) is 73.6 Å². The number of piperazine rings is 1. The number of anilines is 1. The van der Waals surface area contributed by atoms with Crippen molar-refractivity contribution in [3.63, 3.8) is 0 Å². The number of halogens is 3. The number of amides is 1. The molecule has 0 saturated carbocycles. The Bertz CT molecular complexity index is 1100. The van der Waals surface area contributed by atoms with Crippen LogP contribution in [-0.2, 0) is 27.5 Å². The highest BCUT2D eigenvalue weighted by atomic mass is 32.2. The Morgan fingerprint density at radius 2 is 1.79 bits per heavy atom. The smallest absolute Gasteiger partial charge is 0.416 e. The van der Waals surface area contributed by atoms with Crippen molar-refractivity contribution in [2.24, 2.45) is 0 Å². The van der Waals surface area contributed by atoms with Gasteiger partial charge in [-0.2, -0.15) is 17.5 Å². The summed E-state index contributed by atoms with van der Waals surface area (Å²) in [5, 5.41) is 0. The Hall–Kier alpha value is -2.70. The van der Waals surface area contributed by atoms with E-state index in [1.165, 1.54) is 23.2 Å². The molecule has 2 saturated heterocycles. The summed E-state index contributed by atoms with van der Waals surface area (Å²) in [6.45, 7) is 2.03. The van der Waals surface area contributed by atoms with E-state index in [9.17, 15) is 26.4 Å². The van der Waals surface area contributed by atoms with Gasteiger partial charge in [0.25, 0.3) is 0 Å². The zero-order chi connectivity index (χ0) is 23.8. The van der Waals surface area contributed by atoms with Crippen LogP contribution >= 0.6 is 0 Å². The van der Waals surface area contributed by atoms with Crippen LogP contribution in [0.3, 0.4) is 0 Å². The van der Waals surface area contributed by atoms with E-state index in [4.69, 9.17) is 4.74 Å². The van der Waals surface area contributed by atoms with Gasteiger partial charge in [-0.15, -0.1) is 0 Å². The zero-order valence-corrected chi connectivity index (χ0v) is 18.6. The topological polar surface area (TPSA) is 83.1 Å². The molecule has 178 valence electrons. The Kier molecular flexibility index (Phi) is 6.34. The molecule has 2 fully saturated rings. The van der Waals surface area contributed by atoms with Crippen LogP contribution in [0.2, 0.25) is 0 Å². The van der Waals surface area contributed by atoms with E-state index in [1.54, 1.807) is 12.1 Å². The first-order valence-electron chi connectivity index (χ1n) is 10.3. The number of pyridine rings is 1. The first kappa shape index (κ1) is 23.5. The second-order valence-corrected chi connectivity index (χ2v) is 10.1. The first-order chi connectivity index (χ1) is 15.5. The average molecular weight is 485 g/mol. The van der Waals surface area contributed by atoms with Crippen molar-refractivity contribution in [1.82, 2.24) is 14.2 Å². The van der Waals surface area contributed by atoms with Gasteiger partial charge in [0.15, 0.2) is 0 Å². The van der Waals surface area contributed by atoms with Crippen LogP contribution < -0.4 is 9.64 Å². The molecule has 2 aliphatic rings. The molecule has 0 atom stereocenters. The number of ether oxygens (including phenoxy) is 1. The molecule has 0 radical (unpaired) electrons. The molecule has 0 unspecified atom stereocenters. The monoisotopic (exact) mass is 484 g/mol. The lowest BCUT2D eigenvalue weighted by Gasteiger charge is -2.39. The van der Waals surface area contributed by atoms with Crippen molar-refractivity contribution < 1.29 is 31.1 Å². The summed E-state index contributed by atoms with van der Waals surface area (Å²) < 4.78 is 68.2. The molecule has 0 aliphatic carbocycles. The summed E-state index contributed by atoms with van der Waals surface area (Å²) in [5.74, 6) is 0.629. The van der Waals surface area contributed by atoms with E-state index >= 15 is 0 Å². The zero-order valence-electron chi connectivity index (χ0n) is 17.8. The summed E-state index contributed by atoms with van der Waals surface area (Å²) >= 11 is 0. The highest BCUT2D eigenvalue weighted by molar-refractivity contribution is 7.88. The average Bonchev–Trinajstić information content (AvgIpc) is 2.72. The van der Waals surface area contributed by atoms with Crippen molar-refractivity contribution in [2.45, 2.75) is 18.8 Å². The SMILES string of the molecule is CS(=O)(=O)N1CCN(c2ccc(OC3CN(Cc4ccc(C(F)(F)F)cc4)C3)cn2)C(=O)C1. The molecular weight excluding hydrogens is 461 g/mol. The number of nitrogens with zero attached hydrogens (tertiary/aromatic N) is 4. The Morgan fingerprint density at radius 1 is 1.09 bits per heavy atom. The number of benzene rings is 1. The van der Waals surface area contributed by atoms with Gasteiger partial charge in [-0.3, -0.25) is 14.6 Å². The molecule has 4 rings (SSSR count). The number of carbonyl (C=O) groups excluding carboxylic acids is 1. The predicted molar refractivity (Wildman–Crippen MR) is 114 cm³/mol. The summed E-state index contributed by atoms with van der Waals surface area (Å²) in [6.07, 6.45) is -1.81. The first-order valence-corrected chi connectivity index (χ1v) is 12.1. The van der Waals surface area contributed by atoms with Gasteiger partial charge in [0.2, 0.25) is 15.9 Å². The summed E-state index contributed by atoms with van der Waals surface area (Å²) in [5.41, 5.74) is 0.138. The van der Waals surface area contributed by atoms with Crippen LogP contribution in [0.15, 0.2) is 42.6 Å². The van der Waals surface area contributed by atoms with E-state index in [0.717, 1.165) is 28.3 Å². The number of sulfonamides is 1. The molecule has 12 heteroatoms. The van der Waals surface area contributed by atoms with E-state index in [-0.39, 0.29) is 31.6 Å². The maximum Gasteiger partial charge on any atom is 0.416 e. The van der Waals surface area contributed by atoms with E-state index in [0.29, 0.717) is 31.2 Å². The fourth-order valence-corrected chi connectivity index (χ4v) is 4.51. The van der Waals surface area contributed by atoms with Gasteiger partial charge < -0.3 is 4.74 Å². The van der Waals surface area contributed by atoms with E-state index in [1.807, 2.05) is 0 Å². The molecule has 1 amide bonds. The van der Waals surface area contributed by atoms with E-state index < -0.39 is 21.8 Å². The maximum absolute atomic E-state index is 12.7. The van der Waals surface area contributed by atoms with Gasteiger partial charge in [0.05, 0.1) is 24.6 Å². The Balaban J connectivity index is 1.25. The standard InChI is InChI=1S/C21H23F3N4O4S/c1-33(30,31)27-8-9-28(20(29)14-27)19-7-6-17(10-25-19)32-18-12-26(13-18)11-15-2-4-16(5-3-15)21(22,23)24/h2-7,10,18H,8-9,11-14H2,1H3. The van der Waals surface area contributed by atoms with E-state index in [2.05, 4.69) is 9.88 Å². The van der Waals surface area contributed by atoms with Crippen LogP contribution in [0.25, 0.3) is 0 Å². The lowest BCUT2D eigenvalue weighted by atomic mass is 10.1. The molecule has 1 aromatic heterocycles. The maximum atomic E-state index is 12.7. The van der Waals surface area contributed by atoms with Crippen molar-refractivity contribution in [1.29, 1.82) is 0 Å². The number of rotatable bonds is 6. The highest BCUT2D eigenvalue weighted by Gasteiger charge is 2.32. The van der Waals surface area contributed by atoms with Gasteiger partial charge in [-0.1, -0.05) is 12.1 Å². The molecule has 0 bridgehead atoms. The third-order valence-electron chi connectivity index (χ3n) is 5.57. The number of hydrogen-bond donors (Lipinski definition) is 0. The van der Waals surface area contributed by atoms with Gasteiger partial charge in [0, 0.05) is 32.7 Å². The molecule has 2 aromatic rings. The minimum atomic E-state index is -4.34. The third kappa shape index (κ3) is 5.63. The van der Waals surface area contributed by atoms with Crippen molar-refractivity contribution in [3.8, 4) is 5.75 Å². The molecule has 0 spiro atoms. The fourth-order valence-electron chi connectivity index (χ4n) is 3.75. The molecule has 0 N–H and O–H groups in total. The van der Waals surface area contributed by atoms with Gasteiger partial charge in [-0.25, -0.2) is 13.4 Å².